The van der Waals surface area contributed by atoms with Crippen LogP contribution in [0.2, 0.25) is 0 Å². The number of nitrogens with one attached hydrogen (secondary N) is 1. The minimum Gasteiger partial charge on any atom is -0.461 e. The van der Waals surface area contributed by atoms with Gasteiger partial charge in [0, 0.05) is 12.5 Å². The van der Waals surface area contributed by atoms with Gasteiger partial charge in [-0.05, 0) is 36.2 Å². The van der Waals surface area contributed by atoms with Gasteiger partial charge >= 0.3 is 5.97 Å². The van der Waals surface area contributed by atoms with Crippen LogP contribution < -0.4 is 5.32 Å². The second-order valence-electron chi connectivity index (χ2n) is 8.35. The van der Waals surface area contributed by atoms with Gasteiger partial charge < -0.3 is 4.74 Å². The number of carbonyl (C=O) groups excluding carboxylic acids is 1. The summed E-state index contributed by atoms with van der Waals surface area (Å²) in [4.78, 5) is 12.7. The average molecular weight is 329 g/mol. The van der Waals surface area contributed by atoms with E-state index in [9.17, 15) is 4.79 Å². The Morgan fingerprint density at radius 2 is 1.96 bits per heavy atom. The van der Waals surface area contributed by atoms with Crippen LogP contribution in [0.1, 0.15) is 58.9 Å². The first kappa shape index (κ1) is 17.5. The van der Waals surface area contributed by atoms with Crippen LogP contribution in [0.15, 0.2) is 30.3 Å². The number of ether oxygens (including phenoxy) is 1. The van der Waals surface area contributed by atoms with Crippen molar-refractivity contribution in [2.45, 2.75) is 70.4 Å². The van der Waals surface area contributed by atoms with Gasteiger partial charge in [-0.3, -0.25) is 5.32 Å². The van der Waals surface area contributed by atoms with Crippen molar-refractivity contribution in [1.82, 2.24) is 5.32 Å². The van der Waals surface area contributed by atoms with Gasteiger partial charge in [0.2, 0.25) is 0 Å². The molecule has 0 aromatic heterocycles. The standard InChI is InChI=1S/C21H31NO2/c1-5-21(14-22-21)19(23)24-18-13-15(2)11-12-17(18)20(3,4)16-9-7-6-8-10-16/h6-10,15,17-18,22H,5,11-14H2,1-4H3/t15-,17-,18-,21-/m1/s1. The number of hydrogen-bond acceptors (Lipinski definition) is 3. The molecule has 3 rings (SSSR count). The van der Waals surface area contributed by atoms with E-state index in [2.05, 4.69) is 63.3 Å². The zero-order valence-electron chi connectivity index (χ0n) is 15.5. The van der Waals surface area contributed by atoms with Gasteiger partial charge in [0.15, 0.2) is 0 Å². The van der Waals surface area contributed by atoms with Crippen molar-refractivity contribution >= 4 is 5.97 Å². The third-order valence-electron chi connectivity index (χ3n) is 6.35. The van der Waals surface area contributed by atoms with E-state index in [1.54, 1.807) is 0 Å². The summed E-state index contributed by atoms with van der Waals surface area (Å²) in [5.41, 5.74) is 0.936. The average Bonchev–Trinajstić information content (AvgIpc) is 3.37. The molecule has 1 N–H and O–H groups in total. The minimum atomic E-state index is -0.401. The highest BCUT2D eigenvalue weighted by molar-refractivity contribution is 5.84. The highest BCUT2D eigenvalue weighted by Gasteiger charge is 2.51. The van der Waals surface area contributed by atoms with E-state index in [0.29, 0.717) is 11.8 Å². The summed E-state index contributed by atoms with van der Waals surface area (Å²) in [6.45, 7) is 9.69. The fraction of sp³-hybridized carbons (Fsp3) is 0.667. The fourth-order valence-corrected chi connectivity index (χ4v) is 4.26. The van der Waals surface area contributed by atoms with Crippen molar-refractivity contribution < 1.29 is 9.53 Å². The van der Waals surface area contributed by atoms with E-state index < -0.39 is 5.54 Å². The molecule has 0 radical (unpaired) electrons. The smallest absolute Gasteiger partial charge is 0.327 e. The van der Waals surface area contributed by atoms with Crippen LogP contribution in [0, 0.1) is 11.8 Å². The highest BCUT2D eigenvalue weighted by Crippen LogP contribution is 2.44. The molecule has 3 heteroatoms. The summed E-state index contributed by atoms with van der Waals surface area (Å²) >= 11 is 0. The Morgan fingerprint density at radius 3 is 2.54 bits per heavy atom. The zero-order chi connectivity index (χ0) is 17.4. The quantitative estimate of drug-likeness (QED) is 0.654. The maximum atomic E-state index is 12.7. The molecule has 0 bridgehead atoms. The lowest BCUT2D eigenvalue weighted by Gasteiger charge is -2.44. The molecule has 1 aliphatic carbocycles. The molecule has 0 spiro atoms. The number of carbonyl (C=O) groups is 1. The lowest BCUT2D eigenvalue weighted by Crippen LogP contribution is -2.45. The SMILES string of the molecule is CC[C@]1(C(=O)O[C@@H]2C[C@H](C)CC[C@H]2C(C)(C)c2ccccc2)CN1. The van der Waals surface area contributed by atoms with Crippen LogP contribution in [0.3, 0.4) is 0 Å². The van der Waals surface area contributed by atoms with Crippen molar-refractivity contribution in [3.8, 4) is 0 Å². The molecule has 132 valence electrons. The Kier molecular flexibility index (Phi) is 4.74. The molecule has 0 amide bonds. The molecule has 1 saturated heterocycles. The summed E-state index contributed by atoms with van der Waals surface area (Å²) in [5, 5.41) is 3.21. The fourth-order valence-electron chi connectivity index (χ4n) is 4.26. The monoisotopic (exact) mass is 329 g/mol. The number of esters is 1. The zero-order valence-corrected chi connectivity index (χ0v) is 15.5. The minimum absolute atomic E-state index is 0.00268. The van der Waals surface area contributed by atoms with Gasteiger partial charge in [-0.15, -0.1) is 0 Å². The molecule has 24 heavy (non-hydrogen) atoms. The van der Waals surface area contributed by atoms with Gasteiger partial charge in [0.25, 0.3) is 0 Å². The molecular formula is C21H31NO2. The maximum Gasteiger partial charge on any atom is 0.327 e. The normalized spacial score (nSPS) is 33.1. The predicted molar refractivity (Wildman–Crippen MR) is 96.9 cm³/mol. The lowest BCUT2D eigenvalue weighted by atomic mass is 9.64. The highest BCUT2D eigenvalue weighted by atomic mass is 16.5. The first-order valence-corrected chi connectivity index (χ1v) is 9.40. The molecule has 0 unspecified atom stereocenters. The second kappa shape index (κ2) is 6.51. The largest absolute Gasteiger partial charge is 0.461 e. The van der Waals surface area contributed by atoms with Crippen molar-refractivity contribution in [2.75, 3.05) is 6.54 Å². The van der Waals surface area contributed by atoms with Crippen molar-refractivity contribution in [2.24, 2.45) is 11.8 Å². The lowest BCUT2D eigenvalue weighted by molar-refractivity contribution is -0.159. The van der Waals surface area contributed by atoms with Crippen molar-refractivity contribution in [3.05, 3.63) is 35.9 Å². The third-order valence-corrected chi connectivity index (χ3v) is 6.35. The maximum absolute atomic E-state index is 12.7. The Morgan fingerprint density at radius 1 is 1.29 bits per heavy atom. The molecule has 1 aromatic carbocycles. The Labute approximate surface area is 146 Å². The molecule has 3 nitrogen and oxygen atoms in total. The molecule has 1 saturated carbocycles. The van der Waals surface area contributed by atoms with Crippen LogP contribution in [0.5, 0.6) is 0 Å². The van der Waals surface area contributed by atoms with E-state index >= 15 is 0 Å². The van der Waals surface area contributed by atoms with Crippen LogP contribution in [0.4, 0.5) is 0 Å². The van der Waals surface area contributed by atoms with Gasteiger partial charge in [0.1, 0.15) is 11.6 Å². The van der Waals surface area contributed by atoms with Crippen LogP contribution in [0.25, 0.3) is 0 Å². The number of rotatable bonds is 5. The van der Waals surface area contributed by atoms with Gasteiger partial charge in [0.05, 0.1) is 0 Å². The van der Waals surface area contributed by atoms with E-state index in [1.165, 1.54) is 12.0 Å². The van der Waals surface area contributed by atoms with Crippen molar-refractivity contribution in [1.29, 1.82) is 0 Å². The predicted octanol–water partition coefficient (Wildman–Crippen LogP) is 4.06. The van der Waals surface area contributed by atoms with Crippen LogP contribution in [-0.2, 0) is 14.9 Å². The summed E-state index contributed by atoms with van der Waals surface area (Å²) in [6, 6.07) is 10.7. The summed E-state index contributed by atoms with van der Waals surface area (Å²) in [6.07, 6.45) is 4.13. The Hall–Kier alpha value is -1.35. The van der Waals surface area contributed by atoms with E-state index in [0.717, 1.165) is 25.8 Å². The van der Waals surface area contributed by atoms with Crippen molar-refractivity contribution in [3.63, 3.8) is 0 Å². The topological polar surface area (TPSA) is 48.2 Å². The Balaban J connectivity index is 1.80. The summed E-state index contributed by atoms with van der Waals surface area (Å²) in [7, 11) is 0. The molecule has 1 aliphatic heterocycles. The molecule has 1 aromatic rings. The van der Waals surface area contributed by atoms with Crippen LogP contribution in [-0.4, -0.2) is 24.2 Å². The molecule has 4 atom stereocenters. The third kappa shape index (κ3) is 3.23. The molecule has 1 heterocycles. The molecular weight excluding hydrogens is 298 g/mol. The Bertz CT molecular complexity index is 577. The number of benzene rings is 1. The van der Waals surface area contributed by atoms with E-state index in [4.69, 9.17) is 4.74 Å². The van der Waals surface area contributed by atoms with E-state index in [-0.39, 0.29) is 17.5 Å². The second-order valence-corrected chi connectivity index (χ2v) is 8.35. The van der Waals surface area contributed by atoms with Gasteiger partial charge in [-0.25, -0.2) is 4.79 Å². The first-order chi connectivity index (χ1) is 11.4. The van der Waals surface area contributed by atoms with E-state index in [1.807, 2.05) is 0 Å². The van der Waals surface area contributed by atoms with Crippen LogP contribution >= 0.6 is 0 Å². The van der Waals surface area contributed by atoms with Gasteiger partial charge in [-0.1, -0.05) is 64.4 Å². The summed E-state index contributed by atoms with van der Waals surface area (Å²) < 4.78 is 6.10. The van der Waals surface area contributed by atoms with Gasteiger partial charge in [-0.2, -0.15) is 0 Å². The molecule has 2 aliphatic rings. The number of hydrogen-bond donors (Lipinski definition) is 1. The molecule has 2 fully saturated rings. The first-order valence-electron chi connectivity index (χ1n) is 9.40. The summed E-state index contributed by atoms with van der Waals surface area (Å²) in [5.74, 6) is 0.945.